The Labute approximate surface area is 166 Å². The summed E-state index contributed by atoms with van der Waals surface area (Å²) in [4.78, 5) is 12.7. The van der Waals surface area contributed by atoms with E-state index in [4.69, 9.17) is 14.2 Å². The molecular weight excluding hydrogens is 384 g/mol. The zero-order valence-electron chi connectivity index (χ0n) is 16.3. The Hall–Kier alpha value is -1.84. The van der Waals surface area contributed by atoms with E-state index in [0.717, 1.165) is 19.4 Å². The Kier molecular flexibility index (Phi) is 6.79. The highest BCUT2D eigenvalue weighted by atomic mass is 32.2. The number of rotatable bonds is 7. The fourth-order valence-corrected chi connectivity index (χ4v) is 5.20. The third kappa shape index (κ3) is 4.59. The zero-order chi connectivity index (χ0) is 20.1. The minimum Gasteiger partial charge on any atom is -0.493 e. The van der Waals surface area contributed by atoms with E-state index in [1.165, 1.54) is 30.7 Å². The van der Waals surface area contributed by atoms with Crippen molar-refractivity contribution < 1.29 is 27.4 Å². The number of sulfonamides is 1. The van der Waals surface area contributed by atoms with Crippen LogP contribution in [-0.2, 0) is 19.6 Å². The first-order valence-corrected chi connectivity index (χ1v) is 11.0. The quantitative estimate of drug-likeness (QED) is 0.728. The molecule has 28 heavy (non-hydrogen) atoms. The Balaban J connectivity index is 1.67. The number of carbonyl (C=O) groups is 1. The van der Waals surface area contributed by atoms with E-state index < -0.39 is 10.0 Å². The maximum absolute atomic E-state index is 13.1. The minimum absolute atomic E-state index is 0.0686. The fourth-order valence-electron chi connectivity index (χ4n) is 3.66. The van der Waals surface area contributed by atoms with E-state index in [1.807, 2.05) is 0 Å². The van der Waals surface area contributed by atoms with Gasteiger partial charge in [0.05, 0.1) is 31.1 Å². The molecule has 2 heterocycles. The third-order valence-electron chi connectivity index (χ3n) is 5.28. The second kappa shape index (κ2) is 9.11. The molecule has 1 amide bonds. The van der Waals surface area contributed by atoms with Crippen LogP contribution in [0.4, 0.5) is 0 Å². The number of nitrogens with one attached hydrogen (secondary N) is 1. The summed E-state index contributed by atoms with van der Waals surface area (Å²) < 4.78 is 43.4. The van der Waals surface area contributed by atoms with Crippen molar-refractivity contribution in [1.29, 1.82) is 0 Å². The maximum atomic E-state index is 13.1. The molecule has 2 aliphatic rings. The SMILES string of the molecule is COc1ccc(S(=O)(=O)N2CCC[C@@H](C(=O)NC[C@@H]3CCCO3)C2)cc1OC. The van der Waals surface area contributed by atoms with Crippen molar-refractivity contribution in [2.24, 2.45) is 5.92 Å². The average Bonchev–Trinajstić information content (AvgIpc) is 3.25. The van der Waals surface area contributed by atoms with Crippen LogP contribution < -0.4 is 14.8 Å². The predicted molar refractivity (Wildman–Crippen MR) is 103 cm³/mol. The van der Waals surface area contributed by atoms with Crippen LogP contribution in [0.5, 0.6) is 11.5 Å². The van der Waals surface area contributed by atoms with Gasteiger partial charge in [-0.3, -0.25) is 4.79 Å². The number of hydrogen-bond acceptors (Lipinski definition) is 6. The third-order valence-corrected chi connectivity index (χ3v) is 7.14. The molecule has 0 unspecified atom stereocenters. The van der Waals surface area contributed by atoms with Gasteiger partial charge in [-0.2, -0.15) is 4.31 Å². The highest BCUT2D eigenvalue weighted by Gasteiger charge is 2.34. The predicted octanol–water partition coefficient (Wildman–Crippen LogP) is 1.40. The molecule has 9 heteroatoms. The van der Waals surface area contributed by atoms with E-state index in [-0.39, 0.29) is 29.4 Å². The van der Waals surface area contributed by atoms with E-state index in [2.05, 4.69) is 5.32 Å². The first kappa shape index (κ1) is 20.9. The number of piperidine rings is 1. The van der Waals surface area contributed by atoms with E-state index in [0.29, 0.717) is 37.4 Å². The Morgan fingerprint density at radius 1 is 1.21 bits per heavy atom. The molecule has 1 aromatic carbocycles. The second-order valence-corrected chi connectivity index (χ2v) is 9.04. The Morgan fingerprint density at radius 3 is 2.68 bits per heavy atom. The average molecular weight is 413 g/mol. The van der Waals surface area contributed by atoms with Crippen LogP contribution in [0.2, 0.25) is 0 Å². The molecule has 0 saturated carbocycles. The molecule has 1 aromatic rings. The Morgan fingerprint density at radius 2 is 2.00 bits per heavy atom. The largest absolute Gasteiger partial charge is 0.493 e. The highest BCUT2D eigenvalue weighted by molar-refractivity contribution is 7.89. The molecule has 2 saturated heterocycles. The molecule has 3 rings (SSSR count). The molecule has 2 fully saturated rings. The summed E-state index contributed by atoms with van der Waals surface area (Å²) in [6.45, 7) is 1.79. The summed E-state index contributed by atoms with van der Waals surface area (Å²) >= 11 is 0. The van der Waals surface area contributed by atoms with Gasteiger partial charge in [0.2, 0.25) is 15.9 Å². The summed E-state index contributed by atoms with van der Waals surface area (Å²) in [7, 11) is -0.765. The zero-order valence-corrected chi connectivity index (χ0v) is 17.2. The molecule has 0 spiro atoms. The molecule has 1 N–H and O–H groups in total. The van der Waals surface area contributed by atoms with Crippen LogP contribution in [0.3, 0.4) is 0 Å². The van der Waals surface area contributed by atoms with Crippen LogP contribution in [0.25, 0.3) is 0 Å². The van der Waals surface area contributed by atoms with Crippen LogP contribution in [0.1, 0.15) is 25.7 Å². The smallest absolute Gasteiger partial charge is 0.243 e. The first-order valence-electron chi connectivity index (χ1n) is 9.57. The van der Waals surface area contributed by atoms with Crippen molar-refractivity contribution in [3.63, 3.8) is 0 Å². The number of carbonyl (C=O) groups excluding carboxylic acids is 1. The van der Waals surface area contributed by atoms with Gasteiger partial charge in [-0.1, -0.05) is 0 Å². The monoisotopic (exact) mass is 412 g/mol. The van der Waals surface area contributed by atoms with Gasteiger partial charge in [0.15, 0.2) is 11.5 Å². The molecule has 0 bridgehead atoms. The van der Waals surface area contributed by atoms with Crippen LogP contribution in [-0.4, -0.2) is 65.2 Å². The number of nitrogens with zero attached hydrogens (tertiary/aromatic N) is 1. The maximum Gasteiger partial charge on any atom is 0.243 e. The minimum atomic E-state index is -3.72. The van der Waals surface area contributed by atoms with Crippen molar-refractivity contribution in [1.82, 2.24) is 9.62 Å². The fraction of sp³-hybridized carbons (Fsp3) is 0.632. The summed E-state index contributed by atoms with van der Waals surface area (Å²) in [5, 5.41) is 2.92. The molecular formula is C19H28N2O6S. The van der Waals surface area contributed by atoms with Crippen molar-refractivity contribution in [3.05, 3.63) is 18.2 Å². The van der Waals surface area contributed by atoms with Crippen LogP contribution >= 0.6 is 0 Å². The molecule has 156 valence electrons. The summed E-state index contributed by atoms with van der Waals surface area (Å²) in [5.41, 5.74) is 0. The van der Waals surface area contributed by atoms with Crippen LogP contribution in [0, 0.1) is 5.92 Å². The Bertz CT molecular complexity index is 792. The van der Waals surface area contributed by atoms with Gasteiger partial charge in [0.1, 0.15) is 0 Å². The summed E-state index contributed by atoms with van der Waals surface area (Å²) in [6.07, 6.45) is 3.35. The summed E-state index contributed by atoms with van der Waals surface area (Å²) in [5.74, 6) is 0.353. The lowest BCUT2D eigenvalue weighted by atomic mass is 9.99. The molecule has 2 aliphatic heterocycles. The topological polar surface area (TPSA) is 94.2 Å². The van der Waals surface area contributed by atoms with E-state index in [9.17, 15) is 13.2 Å². The number of ether oxygens (including phenoxy) is 3. The van der Waals surface area contributed by atoms with Crippen molar-refractivity contribution >= 4 is 15.9 Å². The first-order chi connectivity index (χ1) is 13.5. The lowest BCUT2D eigenvalue weighted by molar-refractivity contribution is -0.126. The number of hydrogen-bond donors (Lipinski definition) is 1. The van der Waals surface area contributed by atoms with Gasteiger partial charge in [0.25, 0.3) is 0 Å². The highest BCUT2D eigenvalue weighted by Crippen LogP contribution is 2.32. The standard InChI is InChI=1S/C19H28N2O6S/c1-25-17-8-7-16(11-18(17)26-2)28(23,24)21-9-3-5-14(13-21)19(22)20-12-15-6-4-10-27-15/h7-8,11,14-15H,3-6,9-10,12-13H2,1-2H3,(H,20,22)/t14-,15+/m1/s1. The van der Waals surface area contributed by atoms with Crippen molar-refractivity contribution in [2.75, 3.05) is 40.5 Å². The number of methoxy groups -OCH3 is 2. The normalized spacial score (nSPS) is 23.4. The lowest BCUT2D eigenvalue weighted by Crippen LogP contribution is -2.46. The van der Waals surface area contributed by atoms with Gasteiger partial charge in [-0.25, -0.2) is 8.42 Å². The van der Waals surface area contributed by atoms with Crippen LogP contribution in [0.15, 0.2) is 23.1 Å². The van der Waals surface area contributed by atoms with Gasteiger partial charge in [-0.05, 0) is 37.8 Å². The van der Waals surface area contributed by atoms with Gasteiger partial charge >= 0.3 is 0 Å². The molecule has 8 nitrogen and oxygen atoms in total. The van der Waals surface area contributed by atoms with Gasteiger partial charge in [0, 0.05) is 32.3 Å². The second-order valence-electron chi connectivity index (χ2n) is 7.10. The summed E-state index contributed by atoms with van der Waals surface area (Å²) in [6, 6.07) is 4.52. The molecule has 0 aromatic heterocycles. The van der Waals surface area contributed by atoms with E-state index >= 15 is 0 Å². The van der Waals surface area contributed by atoms with Gasteiger partial charge in [-0.15, -0.1) is 0 Å². The van der Waals surface area contributed by atoms with E-state index in [1.54, 1.807) is 6.07 Å². The van der Waals surface area contributed by atoms with Crippen molar-refractivity contribution in [2.45, 2.75) is 36.7 Å². The lowest BCUT2D eigenvalue weighted by Gasteiger charge is -2.31. The molecule has 0 aliphatic carbocycles. The van der Waals surface area contributed by atoms with Gasteiger partial charge < -0.3 is 19.5 Å². The van der Waals surface area contributed by atoms with Crippen molar-refractivity contribution in [3.8, 4) is 11.5 Å². The molecule has 2 atom stereocenters. The molecule has 0 radical (unpaired) electrons. The number of amides is 1. The number of benzene rings is 1.